The van der Waals surface area contributed by atoms with Gasteiger partial charge in [-0.25, -0.2) is 0 Å². The quantitative estimate of drug-likeness (QED) is 0.893. The third-order valence-corrected chi connectivity index (χ3v) is 4.72. The molecule has 1 amide bonds. The molecule has 2 N–H and O–H groups in total. The highest BCUT2D eigenvalue weighted by molar-refractivity contribution is 5.96. The normalized spacial score (nSPS) is 30.4. The molecule has 3 rings (SSSR count). The molecule has 21 heavy (non-hydrogen) atoms. The van der Waals surface area contributed by atoms with Crippen LogP contribution in [0.1, 0.15) is 24.0 Å². The van der Waals surface area contributed by atoms with Crippen molar-refractivity contribution < 1.29 is 19.4 Å². The molecule has 0 radical (unpaired) electrons. The van der Waals surface area contributed by atoms with E-state index in [0.29, 0.717) is 0 Å². The highest BCUT2D eigenvalue weighted by Gasteiger charge is 2.55. The number of nitrogens with one attached hydrogen (secondary N) is 1. The molecule has 2 aliphatic rings. The Morgan fingerprint density at radius 3 is 2.52 bits per heavy atom. The summed E-state index contributed by atoms with van der Waals surface area (Å²) in [6.07, 6.45) is 0.914. The molecule has 2 bridgehead atoms. The highest BCUT2D eigenvalue weighted by Crippen LogP contribution is 2.44. The second-order valence-electron chi connectivity index (χ2n) is 5.92. The minimum Gasteiger partial charge on any atom is -0.481 e. The van der Waals surface area contributed by atoms with E-state index in [1.807, 2.05) is 32.0 Å². The molecule has 1 aromatic carbocycles. The van der Waals surface area contributed by atoms with Crippen molar-refractivity contribution in [2.45, 2.75) is 38.9 Å². The number of carbonyl (C=O) groups excluding carboxylic acids is 1. The number of aryl methyl sites for hydroxylation is 1. The maximum absolute atomic E-state index is 12.5. The third kappa shape index (κ3) is 2.31. The lowest BCUT2D eigenvalue weighted by atomic mass is 9.78. The van der Waals surface area contributed by atoms with Gasteiger partial charge in [-0.1, -0.05) is 12.1 Å². The summed E-state index contributed by atoms with van der Waals surface area (Å²) in [5.41, 5.74) is 2.83. The van der Waals surface area contributed by atoms with E-state index in [-0.39, 0.29) is 18.1 Å². The van der Waals surface area contributed by atoms with Gasteiger partial charge in [-0.2, -0.15) is 0 Å². The molecule has 0 spiro atoms. The molecular formula is C16H19NO4. The summed E-state index contributed by atoms with van der Waals surface area (Å²) in [4.78, 5) is 23.9. The number of amides is 1. The number of aliphatic carboxylic acids is 1. The van der Waals surface area contributed by atoms with Gasteiger partial charge < -0.3 is 15.2 Å². The van der Waals surface area contributed by atoms with Gasteiger partial charge in [0, 0.05) is 5.69 Å². The maximum Gasteiger partial charge on any atom is 0.310 e. The van der Waals surface area contributed by atoms with Crippen molar-refractivity contribution >= 4 is 17.6 Å². The third-order valence-electron chi connectivity index (χ3n) is 4.72. The van der Waals surface area contributed by atoms with Crippen LogP contribution < -0.4 is 5.32 Å². The van der Waals surface area contributed by atoms with E-state index in [4.69, 9.17) is 4.74 Å². The van der Waals surface area contributed by atoms with Crippen LogP contribution in [0.3, 0.4) is 0 Å². The Labute approximate surface area is 123 Å². The minimum absolute atomic E-state index is 0.247. The van der Waals surface area contributed by atoms with Gasteiger partial charge in [0.15, 0.2) is 0 Å². The minimum atomic E-state index is -0.941. The van der Waals surface area contributed by atoms with Gasteiger partial charge in [-0.05, 0) is 43.9 Å². The molecule has 2 saturated heterocycles. The molecule has 2 heterocycles. The second kappa shape index (κ2) is 5.15. The fourth-order valence-electron chi connectivity index (χ4n) is 3.43. The Balaban J connectivity index is 1.82. The first-order valence-corrected chi connectivity index (χ1v) is 7.24. The SMILES string of the molecule is Cc1cccc(NC(=O)C2C(C(=O)O)[C@H]3CC[C@@H]2O3)c1C. The van der Waals surface area contributed by atoms with E-state index in [1.165, 1.54) is 0 Å². The van der Waals surface area contributed by atoms with Gasteiger partial charge in [-0.15, -0.1) is 0 Å². The molecule has 1 aromatic rings. The maximum atomic E-state index is 12.5. The van der Waals surface area contributed by atoms with Crippen LogP contribution >= 0.6 is 0 Å². The van der Waals surface area contributed by atoms with E-state index in [0.717, 1.165) is 29.7 Å². The predicted octanol–water partition coefficient (Wildman–Crippen LogP) is 2.12. The van der Waals surface area contributed by atoms with Crippen LogP contribution in [0.2, 0.25) is 0 Å². The predicted molar refractivity (Wildman–Crippen MR) is 77.1 cm³/mol. The summed E-state index contributed by atoms with van der Waals surface area (Å²) in [5.74, 6) is -2.51. The van der Waals surface area contributed by atoms with E-state index < -0.39 is 17.8 Å². The van der Waals surface area contributed by atoms with E-state index in [9.17, 15) is 14.7 Å². The highest BCUT2D eigenvalue weighted by atomic mass is 16.5. The molecule has 4 atom stereocenters. The largest absolute Gasteiger partial charge is 0.481 e. The zero-order valence-corrected chi connectivity index (χ0v) is 12.1. The van der Waals surface area contributed by atoms with Crippen molar-refractivity contribution in [1.82, 2.24) is 0 Å². The lowest BCUT2D eigenvalue weighted by Gasteiger charge is -2.24. The summed E-state index contributed by atoms with van der Waals surface area (Å²) in [6, 6.07) is 5.69. The van der Waals surface area contributed by atoms with Gasteiger partial charge >= 0.3 is 5.97 Å². The Morgan fingerprint density at radius 2 is 1.86 bits per heavy atom. The Hall–Kier alpha value is -1.88. The number of carbonyl (C=O) groups is 2. The van der Waals surface area contributed by atoms with Crippen molar-refractivity contribution in [3.8, 4) is 0 Å². The van der Waals surface area contributed by atoms with Crippen LogP contribution in [0.25, 0.3) is 0 Å². The fourth-order valence-corrected chi connectivity index (χ4v) is 3.43. The van der Waals surface area contributed by atoms with Crippen LogP contribution in [-0.4, -0.2) is 29.2 Å². The van der Waals surface area contributed by atoms with Gasteiger partial charge in [-0.3, -0.25) is 9.59 Å². The molecule has 2 unspecified atom stereocenters. The molecule has 0 saturated carbocycles. The standard InChI is InChI=1S/C16H19NO4/c1-8-4-3-5-10(9(8)2)17-15(18)13-11-6-7-12(21-11)14(13)16(19)20/h3-5,11-14H,6-7H2,1-2H3,(H,17,18)(H,19,20)/t11-,12+,13?,14?/m0/s1. The summed E-state index contributed by atoms with van der Waals surface area (Å²) in [7, 11) is 0. The number of hydrogen-bond acceptors (Lipinski definition) is 3. The molecule has 5 nitrogen and oxygen atoms in total. The zero-order valence-electron chi connectivity index (χ0n) is 12.1. The number of benzene rings is 1. The van der Waals surface area contributed by atoms with Gasteiger partial charge in [0.25, 0.3) is 0 Å². The molecule has 5 heteroatoms. The number of carboxylic acid groups (broad SMARTS) is 1. The molecule has 0 aromatic heterocycles. The first-order valence-electron chi connectivity index (χ1n) is 7.24. The van der Waals surface area contributed by atoms with Crippen molar-refractivity contribution in [2.75, 3.05) is 5.32 Å². The van der Waals surface area contributed by atoms with Crippen LogP contribution in [-0.2, 0) is 14.3 Å². The van der Waals surface area contributed by atoms with E-state index in [1.54, 1.807) is 0 Å². The van der Waals surface area contributed by atoms with E-state index >= 15 is 0 Å². The van der Waals surface area contributed by atoms with Gasteiger partial charge in [0.2, 0.25) is 5.91 Å². The molecule has 2 aliphatic heterocycles. The zero-order chi connectivity index (χ0) is 15.1. The van der Waals surface area contributed by atoms with Crippen molar-refractivity contribution in [3.05, 3.63) is 29.3 Å². The Kier molecular flexibility index (Phi) is 3.45. The van der Waals surface area contributed by atoms with Crippen LogP contribution in [0.4, 0.5) is 5.69 Å². The fraction of sp³-hybridized carbons (Fsp3) is 0.500. The van der Waals surface area contributed by atoms with Crippen molar-refractivity contribution in [3.63, 3.8) is 0 Å². The second-order valence-corrected chi connectivity index (χ2v) is 5.92. The molecule has 112 valence electrons. The number of anilines is 1. The van der Waals surface area contributed by atoms with Crippen LogP contribution in [0.15, 0.2) is 18.2 Å². The number of carboxylic acids is 1. The Morgan fingerprint density at radius 1 is 1.19 bits per heavy atom. The van der Waals surface area contributed by atoms with Gasteiger partial charge in [0.05, 0.1) is 24.0 Å². The average molecular weight is 289 g/mol. The lowest BCUT2D eigenvalue weighted by Crippen LogP contribution is -2.41. The number of hydrogen-bond donors (Lipinski definition) is 2. The van der Waals surface area contributed by atoms with Crippen LogP contribution in [0, 0.1) is 25.7 Å². The molecule has 2 fully saturated rings. The topological polar surface area (TPSA) is 75.6 Å². The number of rotatable bonds is 3. The monoisotopic (exact) mass is 289 g/mol. The lowest BCUT2D eigenvalue weighted by molar-refractivity contribution is -0.147. The smallest absolute Gasteiger partial charge is 0.310 e. The number of ether oxygens (including phenoxy) is 1. The summed E-state index contributed by atoms with van der Waals surface area (Å²) in [6.45, 7) is 3.92. The summed E-state index contributed by atoms with van der Waals surface area (Å²) >= 11 is 0. The van der Waals surface area contributed by atoms with Crippen LogP contribution in [0.5, 0.6) is 0 Å². The van der Waals surface area contributed by atoms with Gasteiger partial charge in [0.1, 0.15) is 0 Å². The van der Waals surface area contributed by atoms with E-state index in [2.05, 4.69) is 5.32 Å². The van der Waals surface area contributed by atoms with Crippen molar-refractivity contribution in [1.29, 1.82) is 0 Å². The molecule has 0 aliphatic carbocycles. The average Bonchev–Trinajstić information content (AvgIpc) is 3.04. The Bertz CT molecular complexity index is 598. The number of fused-ring (bicyclic) bond motifs is 2. The first kappa shape index (κ1) is 14.1. The summed E-state index contributed by atoms with van der Waals surface area (Å²) in [5, 5.41) is 12.2. The van der Waals surface area contributed by atoms with Crippen molar-refractivity contribution in [2.24, 2.45) is 11.8 Å². The molecular weight excluding hydrogens is 270 g/mol. The first-order chi connectivity index (χ1) is 9.99. The summed E-state index contributed by atoms with van der Waals surface area (Å²) < 4.78 is 5.63.